The molecular formula is C12H13BrO4. The molecular weight excluding hydrogens is 288 g/mol. The zero-order chi connectivity index (χ0) is 12.4. The lowest BCUT2D eigenvalue weighted by molar-refractivity contribution is -0.146. The first kappa shape index (κ1) is 12.2. The Morgan fingerprint density at radius 1 is 1.53 bits per heavy atom. The van der Waals surface area contributed by atoms with Crippen LogP contribution in [0.2, 0.25) is 0 Å². The van der Waals surface area contributed by atoms with Gasteiger partial charge in [-0.1, -0.05) is 0 Å². The summed E-state index contributed by atoms with van der Waals surface area (Å²) < 4.78 is 11.3. The summed E-state index contributed by atoms with van der Waals surface area (Å²) in [5, 5.41) is 9.07. The predicted octanol–water partition coefficient (Wildman–Crippen LogP) is 2.70. The molecule has 1 aliphatic carbocycles. The average molecular weight is 301 g/mol. The van der Waals surface area contributed by atoms with E-state index in [4.69, 9.17) is 14.6 Å². The second-order valence-electron chi connectivity index (χ2n) is 4.01. The predicted molar refractivity (Wildman–Crippen MR) is 65.5 cm³/mol. The van der Waals surface area contributed by atoms with Crippen molar-refractivity contribution in [3.63, 3.8) is 0 Å². The lowest BCUT2D eigenvalue weighted by atomic mass is 10.2. The lowest BCUT2D eigenvalue weighted by Gasteiger charge is -2.15. The minimum absolute atomic E-state index is 0.140. The summed E-state index contributed by atoms with van der Waals surface area (Å²) >= 11 is 3.34. The number of carbonyl (C=O) groups is 1. The summed E-state index contributed by atoms with van der Waals surface area (Å²) in [6, 6.07) is 5.20. The number of carboxylic acids is 1. The summed E-state index contributed by atoms with van der Waals surface area (Å²) in [6.07, 6.45) is 1.09. The van der Waals surface area contributed by atoms with E-state index in [-0.39, 0.29) is 5.92 Å². The Kier molecular flexibility index (Phi) is 3.57. The molecule has 0 heterocycles. The molecule has 0 amide bonds. The van der Waals surface area contributed by atoms with Crippen molar-refractivity contribution in [2.45, 2.75) is 18.9 Å². The van der Waals surface area contributed by atoms with E-state index in [1.165, 1.54) is 0 Å². The Morgan fingerprint density at radius 2 is 2.24 bits per heavy atom. The van der Waals surface area contributed by atoms with Gasteiger partial charge in [0.2, 0.25) is 0 Å². The first-order valence-electron chi connectivity index (χ1n) is 5.35. The van der Waals surface area contributed by atoms with E-state index in [1.807, 2.05) is 0 Å². The molecule has 0 aromatic heterocycles. The summed E-state index contributed by atoms with van der Waals surface area (Å²) in [5.41, 5.74) is 0. The van der Waals surface area contributed by atoms with Crippen LogP contribution in [0.4, 0.5) is 0 Å². The standard InChI is InChI=1S/C12H13BrO4/c1-16-8-4-5-10(9(13)6-8)17-11(12(14)15)7-2-3-7/h4-7,11H,2-3H2,1H3,(H,14,15). The van der Waals surface area contributed by atoms with Gasteiger partial charge in [-0.05, 0) is 47.0 Å². The van der Waals surface area contributed by atoms with Crippen LogP contribution in [0, 0.1) is 5.92 Å². The molecule has 4 nitrogen and oxygen atoms in total. The molecule has 1 N–H and O–H groups in total. The van der Waals surface area contributed by atoms with Gasteiger partial charge in [-0.3, -0.25) is 0 Å². The van der Waals surface area contributed by atoms with E-state index in [0.717, 1.165) is 12.8 Å². The molecule has 0 bridgehead atoms. The Balaban J connectivity index is 2.14. The summed E-state index contributed by atoms with van der Waals surface area (Å²) in [5.74, 6) is 0.462. The fourth-order valence-electron chi connectivity index (χ4n) is 1.59. The van der Waals surface area contributed by atoms with Crippen molar-refractivity contribution in [3.05, 3.63) is 22.7 Å². The highest BCUT2D eigenvalue weighted by atomic mass is 79.9. The number of aliphatic carboxylic acids is 1. The number of rotatable bonds is 5. The molecule has 1 aliphatic rings. The van der Waals surface area contributed by atoms with Gasteiger partial charge in [0.25, 0.3) is 0 Å². The monoisotopic (exact) mass is 300 g/mol. The number of halogens is 1. The molecule has 1 saturated carbocycles. The van der Waals surface area contributed by atoms with Crippen LogP contribution in [0.3, 0.4) is 0 Å². The highest BCUT2D eigenvalue weighted by molar-refractivity contribution is 9.10. The quantitative estimate of drug-likeness (QED) is 0.908. The van der Waals surface area contributed by atoms with Crippen molar-refractivity contribution < 1.29 is 19.4 Å². The zero-order valence-corrected chi connectivity index (χ0v) is 10.9. The van der Waals surface area contributed by atoms with Crippen LogP contribution >= 0.6 is 15.9 Å². The number of ether oxygens (including phenoxy) is 2. The summed E-state index contributed by atoms with van der Waals surface area (Å²) in [7, 11) is 1.58. The van der Waals surface area contributed by atoms with Crippen LogP contribution in [0.25, 0.3) is 0 Å². The second-order valence-corrected chi connectivity index (χ2v) is 4.86. The van der Waals surface area contributed by atoms with Gasteiger partial charge in [0.15, 0.2) is 6.10 Å². The molecule has 2 rings (SSSR count). The molecule has 0 saturated heterocycles. The van der Waals surface area contributed by atoms with E-state index < -0.39 is 12.1 Å². The van der Waals surface area contributed by atoms with Gasteiger partial charge in [-0.25, -0.2) is 4.79 Å². The first-order chi connectivity index (χ1) is 8.11. The van der Waals surface area contributed by atoms with Gasteiger partial charge in [-0.2, -0.15) is 0 Å². The molecule has 1 aromatic carbocycles. The van der Waals surface area contributed by atoms with Crippen LogP contribution in [0.1, 0.15) is 12.8 Å². The van der Waals surface area contributed by atoms with Gasteiger partial charge in [0, 0.05) is 5.92 Å². The van der Waals surface area contributed by atoms with Crippen LogP contribution in [0.15, 0.2) is 22.7 Å². The van der Waals surface area contributed by atoms with Crippen LogP contribution in [-0.4, -0.2) is 24.3 Å². The highest BCUT2D eigenvalue weighted by Gasteiger charge is 2.38. The minimum atomic E-state index is -0.907. The molecule has 1 fully saturated rings. The van der Waals surface area contributed by atoms with Gasteiger partial charge >= 0.3 is 5.97 Å². The van der Waals surface area contributed by atoms with E-state index in [1.54, 1.807) is 25.3 Å². The van der Waals surface area contributed by atoms with E-state index in [2.05, 4.69) is 15.9 Å². The number of hydrogen-bond donors (Lipinski definition) is 1. The lowest BCUT2D eigenvalue weighted by Crippen LogP contribution is -2.29. The normalized spacial score (nSPS) is 16.4. The van der Waals surface area contributed by atoms with Crippen molar-refractivity contribution in [3.8, 4) is 11.5 Å². The number of methoxy groups -OCH3 is 1. The van der Waals surface area contributed by atoms with Gasteiger partial charge in [0.1, 0.15) is 11.5 Å². The highest BCUT2D eigenvalue weighted by Crippen LogP contribution is 2.37. The Labute approximate surface area is 108 Å². The molecule has 1 aromatic rings. The molecule has 17 heavy (non-hydrogen) atoms. The zero-order valence-electron chi connectivity index (χ0n) is 9.35. The first-order valence-corrected chi connectivity index (χ1v) is 6.14. The van der Waals surface area contributed by atoms with Crippen LogP contribution in [-0.2, 0) is 4.79 Å². The van der Waals surface area contributed by atoms with Crippen LogP contribution in [0.5, 0.6) is 11.5 Å². The third kappa shape index (κ3) is 2.91. The maximum Gasteiger partial charge on any atom is 0.345 e. The van der Waals surface area contributed by atoms with E-state index in [0.29, 0.717) is 16.0 Å². The fraction of sp³-hybridized carbons (Fsp3) is 0.417. The molecule has 92 valence electrons. The largest absolute Gasteiger partial charge is 0.497 e. The topological polar surface area (TPSA) is 55.8 Å². The van der Waals surface area contributed by atoms with Gasteiger partial charge in [-0.15, -0.1) is 0 Å². The Morgan fingerprint density at radius 3 is 2.71 bits per heavy atom. The van der Waals surface area contributed by atoms with Crippen molar-refractivity contribution in [2.24, 2.45) is 5.92 Å². The summed E-state index contributed by atoms with van der Waals surface area (Å²) in [6.45, 7) is 0. The molecule has 0 aliphatic heterocycles. The van der Waals surface area contributed by atoms with E-state index in [9.17, 15) is 4.79 Å². The van der Waals surface area contributed by atoms with Gasteiger partial charge < -0.3 is 14.6 Å². The second kappa shape index (κ2) is 4.96. The maximum absolute atomic E-state index is 11.1. The van der Waals surface area contributed by atoms with Gasteiger partial charge in [0.05, 0.1) is 11.6 Å². The Bertz CT molecular complexity index is 429. The minimum Gasteiger partial charge on any atom is -0.497 e. The third-order valence-electron chi connectivity index (χ3n) is 2.69. The smallest absolute Gasteiger partial charge is 0.345 e. The molecule has 5 heteroatoms. The Hall–Kier alpha value is -1.23. The summed E-state index contributed by atoms with van der Waals surface area (Å²) in [4.78, 5) is 11.1. The van der Waals surface area contributed by atoms with Crippen LogP contribution < -0.4 is 9.47 Å². The van der Waals surface area contributed by atoms with Crippen molar-refractivity contribution in [1.29, 1.82) is 0 Å². The fourth-order valence-corrected chi connectivity index (χ4v) is 2.04. The average Bonchev–Trinajstić information content (AvgIpc) is 3.10. The molecule has 0 radical (unpaired) electrons. The third-order valence-corrected chi connectivity index (χ3v) is 3.31. The van der Waals surface area contributed by atoms with Crippen molar-refractivity contribution >= 4 is 21.9 Å². The molecule has 0 spiro atoms. The molecule has 1 unspecified atom stereocenters. The SMILES string of the molecule is COc1ccc(OC(C(=O)O)C2CC2)c(Br)c1. The van der Waals surface area contributed by atoms with Crippen molar-refractivity contribution in [1.82, 2.24) is 0 Å². The van der Waals surface area contributed by atoms with E-state index >= 15 is 0 Å². The number of hydrogen-bond acceptors (Lipinski definition) is 3. The van der Waals surface area contributed by atoms with Crippen molar-refractivity contribution in [2.75, 3.05) is 7.11 Å². The number of benzene rings is 1. The number of carboxylic acid groups (broad SMARTS) is 1. The molecule has 1 atom stereocenters. The maximum atomic E-state index is 11.1.